The molecule has 8 heteroatoms. The number of benzene rings is 2. The molecule has 2 aromatic carbocycles. The van der Waals surface area contributed by atoms with Crippen LogP contribution in [0.15, 0.2) is 59.5 Å². The minimum absolute atomic E-state index is 0.0267. The van der Waals surface area contributed by atoms with Gasteiger partial charge in [-0.15, -0.1) is 0 Å². The van der Waals surface area contributed by atoms with Crippen LogP contribution in [0.5, 0.6) is 0 Å². The lowest BCUT2D eigenvalue weighted by Gasteiger charge is -2.22. The van der Waals surface area contributed by atoms with Crippen molar-refractivity contribution < 1.29 is 21.6 Å². The van der Waals surface area contributed by atoms with Gasteiger partial charge < -0.3 is 0 Å². The number of hydrogen-bond acceptors (Lipinski definition) is 3. The van der Waals surface area contributed by atoms with Gasteiger partial charge in [-0.25, -0.2) is 8.42 Å². The molecule has 0 heterocycles. The topological polar surface area (TPSA) is 61.2 Å². The summed E-state index contributed by atoms with van der Waals surface area (Å²) in [6, 6.07) is 14.1. The molecule has 0 aliphatic heterocycles. The molecule has 0 N–H and O–H groups in total. The predicted molar refractivity (Wildman–Crippen MR) is 85.7 cm³/mol. The average molecular weight is 368 g/mol. The molecule has 0 aliphatic rings. The molecule has 0 atom stereocenters. The van der Waals surface area contributed by atoms with Gasteiger partial charge in [0, 0.05) is 19.5 Å². The van der Waals surface area contributed by atoms with Crippen molar-refractivity contribution in [3.63, 3.8) is 0 Å². The first-order valence-corrected chi connectivity index (χ1v) is 8.77. The quantitative estimate of drug-likeness (QED) is 0.779. The first kappa shape index (κ1) is 19.0. The maximum atomic E-state index is 12.9. The lowest BCUT2D eigenvalue weighted by atomic mass is 10.2. The zero-order chi connectivity index (χ0) is 18.5. The van der Waals surface area contributed by atoms with Gasteiger partial charge in [-0.2, -0.15) is 22.7 Å². The van der Waals surface area contributed by atoms with Crippen molar-refractivity contribution >= 4 is 10.0 Å². The molecule has 0 fully saturated rings. The van der Waals surface area contributed by atoms with Gasteiger partial charge in [0.1, 0.15) is 0 Å². The molecule has 0 spiro atoms. The monoisotopic (exact) mass is 368 g/mol. The molecule has 0 radical (unpaired) electrons. The largest absolute Gasteiger partial charge is 0.416 e. The fourth-order valence-electron chi connectivity index (χ4n) is 2.23. The first-order chi connectivity index (χ1) is 11.7. The van der Waals surface area contributed by atoms with Gasteiger partial charge in [-0.05, 0) is 23.8 Å². The molecule has 0 aliphatic carbocycles. The second-order valence-corrected chi connectivity index (χ2v) is 7.20. The standard InChI is InChI=1S/C17H15F3N2O2S/c18-17(19,20)15-8-4-9-16(12-15)25(23,24)22(11-5-10-21)13-14-6-2-1-3-7-14/h1-4,6-9,12H,5,11,13H2. The zero-order valence-corrected chi connectivity index (χ0v) is 13.9. The number of nitriles is 1. The number of halogens is 3. The lowest BCUT2D eigenvalue weighted by Crippen LogP contribution is -2.31. The molecule has 4 nitrogen and oxygen atoms in total. The van der Waals surface area contributed by atoms with E-state index in [1.165, 1.54) is 0 Å². The lowest BCUT2D eigenvalue weighted by molar-refractivity contribution is -0.137. The highest BCUT2D eigenvalue weighted by molar-refractivity contribution is 7.89. The summed E-state index contributed by atoms with van der Waals surface area (Å²) in [5, 5.41) is 8.75. The molecule has 0 amide bonds. The normalized spacial score (nSPS) is 12.1. The summed E-state index contributed by atoms with van der Waals surface area (Å²) < 4.78 is 65.1. The third-order valence-corrected chi connectivity index (χ3v) is 5.32. The number of nitrogens with zero attached hydrogens (tertiary/aromatic N) is 2. The Balaban J connectivity index is 2.39. The summed E-state index contributed by atoms with van der Waals surface area (Å²) >= 11 is 0. The van der Waals surface area contributed by atoms with Crippen molar-refractivity contribution in [2.45, 2.75) is 24.0 Å². The third kappa shape index (κ3) is 4.81. The average Bonchev–Trinajstić information content (AvgIpc) is 2.58. The van der Waals surface area contributed by atoms with Crippen LogP contribution >= 0.6 is 0 Å². The molecule has 132 valence electrons. The van der Waals surface area contributed by atoms with Crippen LogP contribution in [0, 0.1) is 11.3 Å². The second kappa shape index (κ2) is 7.68. The Morgan fingerprint density at radius 2 is 1.72 bits per heavy atom. The molecular formula is C17H15F3N2O2S. The number of rotatable bonds is 6. The van der Waals surface area contributed by atoms with Crippen LogP contribution in [0.25, 0.3) is 0 Å². The van der Waals surface area contributed by atoms with Crippen LogP contribution in [0.1, 0.15) is 17.5 Å². The molecule has 0 saturated carbocycles. The van der Waals surface area contributed by atoms with E-state index < -0.39 is 26.7 Å². The fraction of sp³-hybridized carbons (Fsp3) is 0.235. The number of hydrogen-bond donors (Lipinski definition) is 0. The van der Waals surface area contributed by atoms with Gasteiger partial charge in [0.15, 0.2) is 0 Å². The Morgan fingerprint density at radius 1 is 1.04 bits per heavy atom. The third-order valence-electron chi connectivity index (χ3n) is 3.47. The van der Waals surface area contributed by atoms with Gasteiger partial charge in [0.05, 0.1) is 16.5 Å². The molecule has 2 rings (SSSR count). The van der Waals surface area contributed by atoms with Gasteiger partial charge in [-0.3, -0.25) is 0 Å². The summed E-state index contributed by atoms with van der Waals surface area (Å²) in [7, 11) is -4.17. The van der Waals surface area contributed by atoms with Gasteiger partial charge in [-0.1, -0.05) is 36.4 Å². The highest BCUT2D eigenvalue weighted by Gasteiger charge is 2.33. The molecule has 0 aromatic heterocycles. The van der Waals surface area contributed by atoms with Crippen LogP contribution in [0.4, 0.5) is 13.2 Å². The van der Waals surface area contributed by atoms with E-state index in [9.17, 15) is 21.6 Å². The minimum atomic E-state index is -4.64. The molecule has 0 bridgehead atoms. The fourth-order valence-corrected chi connectivity index (χ4v) is 3.70. The first-order valence-electron chi connectivity index (χ1n) is 7.33. The van der Waals surface area contributed by atoms with Crippen molar-refractivity contribution in [2.24, 2.45) is 0 Å². The Morgan fingerprint density at radius 3 is 2.32 bits per heavy atom. The number of alkyl halides is 3. The van der Waals surface area contributed by atoms with Crippen LogP contribution in [-0.2, 0) is 22.7 Å². The summed E-state index contributed by atoms with van der Waals surface area (Å²) in [5.41, 5.74) is -0.357. The van der Waals surface area contributed by atoms with Gasteiger partial charge in [0.25, 0.3) is 0 Å². The van der Waals surface area contributed by atoms with Gasteiger partial charge in [0.2, 0.25) is 10.0 Å². The van der Waals surface area contributed by atoms with Crippen LogP contribution in [0.3, 0.4) is 0 Å². The summed E-state index contributed by atoms with van der Waals surface area (Å²) in [6.07, 6.45) is -4.70. The SMILES string of the molecule is N#CCCN(Cc1ccccc1)S(=O)(=O)c1cccc(C(F)(F)F)c1. The van der Waals surface area contributed by atoms with E-state index in [4.69, 9.17) is 5.26 Å². The van der Waals surface area contributed by atoms with E-state index >= 15 is 0 Å². The van der Waals surface area contributed by atoms with E-state index in [0.717, 1.165) is 22.5 Å². The Hall–Kier alpha value is -2.37. The maximum absolute atomic E-state index is 12.9. The Bertz CT molecular complexity index is 859. The van der Waals surface area contributed by atoms with Crippen molar-refractivity contribution in [1.82, 2.24) is 4.31 Å². The van der Waals surface area contributed by atoms with Crippen molar-refractivity contribution in [2.75, 3.05) is 6.54 Å². The Kier molecular flexibility index (Phi) is 5.82. The predicted octanol–water partition coefficient (Wildman–Crippen LogP) is 3.81. The number of sulfonamides is 1. The van der Waals surface area contributed by atoms with Crippen molar-refractivity contribution in [3.05, 3.63) is 65.7 Å². The molecule has 25 heavy (non-hydrogen) atoms. The zero-order valence-electron chi connectivity index (χ0n) is 13.1. The van der Waals surface area contributed by atoms with E-state index in [-0.39, 0.29) is 19.5 Å². The Labute approximate surface area is 144 Å². The molecule has 0 saturated heterocycles. The summed E-state index contributed by atoms with van der Waals surface area (Å²) in [6.45, 7) is -0.134. The smallest absolute Gasteiger partial charge is 0.207 e. The van der Waals surface area contributed by atoms with Crippen LogP contribution < -0.4 is 0 Å². The van der Waals surface area contributed by atoms with Gasteiger partial charge >= 0.3 is 6.18 Å². The minimum Gasteiger partial charge on any atom is -0.207 e. The van der Waals surface area contributed by atoms with E-state index in [1.54, 1.807) is 30.3 Å². The van der Waals surface area contributed by atoms with E-state index in [2.05, 4.69) is 0 Å². The van der Waals surface area contributed by atoms with Crippen molar-refractivity contribution in [3.8, 4) is 6.07 Å². The highest BCUT2D eigenvalue weighted by Crippen LogP contribution is 2.31. The van der Waals surface area contributed by atoms with Crippen molar-refractivity contribution in [1.29, 1.82) is 5.26 Å². The highest BCUT2D eigenvalue weighted by atomic mass is 32.2. The maximum Gasteiger partial charge on any atom is 0.416 e. The molecule has 0 unspecified atom stereocenters. The van der Waals surface area contributed by atoms with E-state index in [0.29, 0.717) is 11.6 Å². The summed E-state index contributed by atoms with van der Waals surface area (Å²) in [4.78, 5) is -0.448. The van der Waals surface area contributed by atoms with Crippen LogP contribution in [0.2, 0.25) is 0 Å². The summed E-state index contributed by atoms with van der Waals surface area (Å²) in [5.74, 6) is 0. The second-order valence-electron chi connectivity index (χ2n) is 5.26. The molecular weight excluding hydrogens is 353 g/mol. The van der Waals surface area contributed by atoms with E-state index in [1.807, 2.05) is 6.07 Å². The van der Waals surface area contributed by atoms with Crippen LogP contribution in [-0.4, -0.2) is 19.3 Å². The molecule has 2 aromatic rings.